The van der Waals surface area contributed by atoms with Crippen LogP contribution in [0, 0.1) is 6.92 Å². The second-order valence-electron chi connectivity index (χ2n) is 6.53. The Labute approximate surface area is 178 Å². The first-order valence-corrected chi connectivity index (χ1v) is 8.73. The van der Waals surface area contributed by atoms with Gasteiger partial charge in [0.1, 0.15) is 11.4 Å². The maximum atomic E-state index is 10.7. The molecule has 0 amide bonds. The van der Waals surface area contributed by atoms with Crippen molar-refractivity contribution in [3.8, 4) is 5.75 Å². The third kappa shape index (κ3) is 6.69. The summed E-state index contributed by atoms with van der Waals surface area (Å²) in [6.45, 7) is 7.38. The van der Waals surface area contributed by atoms with Crippen LogP contribution in [0.5, 0.6) is 5.75 Å². The van der Waals surface area contributed by atoms with Crippen molar-refractivity contribution >= 4 is 29.9 Å². The number of aliphatic imine (C=N–C) groups is 1. The van der Waals surface area contributed by atoms with Gasteiger partial charge in [-0.15, -0.1) is 24.0 Å². The molecule has 0 saturated heterocycles. The van der Waals surface area contributed by atoms with Gasteiger partial charge in [-0.25, -0.2) is 4.99 Å². The van der Waals surface area contributed by atoms with Crippen molar-refractivity contribution in [1.82, 2.24) is 20.4 Å². The van der Waals surface area contributed by atoms with E-state index in [2.05, 4.69) is 26.8 Å². The van der Waals surface area contributed by atoms with E-state index in [9.17, 15) is 5.11 Å². The average molecular weight is 487 g/mol. The van der Waals surface area contributed by atoms with E-state index in [1.165, 1.54) is 0 Å². The van der Waals surface area contributed by atoms with E-state index in [1.807, 2.05) is 39.2 Å². The largest absolute Gasteiger partial charge is 0.496 e. The number of aryl methyl sites for hydroxylation is 2. The molecule has 1 heterocycles. The van der Waals surface area contributed by atoms with Gasteiger partial charge in [-0.05, 0) is 38.0 Å². The fourth-order valence-corrected chi connectivity index (χ4v) is 2.61. The predicted octanol–water partition coefficient (Wildman–Crippen LogP) is 2.32. The smallest absolute Gasteiger partial charge is 0.191 e. The Hall–Kier alpha value is -1.81. The second kappa shape index (κ2) is 10.5. The van der Waals surface area contributed by atoms with E-state index in [4.69, 9.17) is 4.74 Å². The van der Waals surface area contributed by atoms with E-state index in [0.717, 1.165) is 29.0 Å². The summed E-state index contributed by atoms with van der Waals surface area (Å²) >= 11 is 0. The lowest BCUT2D eigenvalue weighted by atomic mass is 10.00. The van der Waals surface area contributed by atoms with E-state index < -0.39 is 5.60 Å². The van der Waals surface area contributed by atoms with Crippen LogP contribution in [-0.4, -0.2) is 41.0 Å². The van der Waals surface area contributed by atoms with Gasteiger partial charge >= 0.3 is 0 Å². The molecule has 7 nitrogen and oxygen atoms in total. The molecule has 0 aliphatic heterocycles. The Morgan fingerprint density at radius 2 is 2.11 bits per heavy atom. The first kappa shape index (κ1) is 23.2. The molecule has 0 radical (unpaired) electrons. The number of nitrogens with zero attached hydrogens (tertiary/aromatic N) is 3. The van der Waals surface area contributed by atoms with Crippen LogP contribution in [0.15, 0.2) is 35.6 Å². The van der Waals surface area contributed by atoms with Crippen LogP contribution in [-0.2, 0) is 19.2 Å². The summed E-state index contributed by atoms with van der Waals surface area (Å²) < 4.78 is 6.96. The lowest BCUT2D eigenvalue weighted by molar-refractivity contribution is 0.0616. The fraction of sp³-hybridized carbons (Fsp3) is 0.474. The van der Waals surface area contributed by atoms with Crippen LogP contribution >= 0.6 is 24.0 Å². The standard InChI is InChI=1S/C19H29N5O2.HI/c1-6-20-18(21-10-15-7-8-17(26-5)14(2)9-15)22-13-19(3,25)16-11-23-24(4)12-16;/h7-9,11-12,25H,6,10,13H2,1-5H3,(H2,20,21,22);1H. The number of aliphatic hydroxyl groups is 1. The van der Waals surface area contributed by atoms with Crippen molar-refractivity contribution in [3.05, 3.63) is 47.3 Å². The SMILES string of the molecule is CCNC(=NCc1ccc(OC)c(C)c1)NCC(C)(O)c1cnn(C)c1.I. The molecule has 0 spiro atoms. The van der Waals surface area contributed by atoms with E-state index >= 15 is 0 Å². The lowest BCUT2D eigenvalue weighted by Crippen LogP contribution is -2.44. The first-order valence-electron chi connectivity index (χ1n) is 8.73. The lowest BCUT2D eigenvalue weighted by Gasteiger charge is -2.23. The Bertz CT molecular complexity index is 758. The summed E-state index contributed by atoms with van der Waals surface area (Å²) in [4.78, 5) is 4.60. The van der Waals surface area contributed by atoms with Crippen molar-refractivity contribution in [2.24, 2.45) is 12.0 Å². The van der Waals surface area contributed by atoms with Gasteiger partial charge in [-0.2, -0.15) is 5.10 Å². The van der Waals surface area contributed by atoms with Crippen LogP contribution in [0.3, 0.4) is 0 Å². The molecule has 1 aromatic heterocycles. The molecule has 1 atom stereocenters. The fourth-order valence-electron chi connectivity index (χ4n) is 2.61. The summed E-state index contributed by atoms with van der Waals surface area (Å²) in [6, 6.07) is 6.02. The van der Waals surface area contributed by atoms with Gasteiger partial charge in [-0.1, -0.05) is 12.1 Å². The Morgan fingerprint density at radius 1 is 1.37 bits per heavy atom. The minimum Gasteiger partial charge on any atom is -0.496 e. The normalized spacial score (nSPS) is 13.5. The summed E-state index contributed by atoms with van der Waals surface area (Å²) in [5.41, 5.74) is 1.90. The van der Waals surface area contributed by atoms with Crippen molar-refractivity contribution in [1.29, 1.82) is 0 Å². The number of rotatable bonds is 7. The van der Waals surface area contributed by atoms with Gasteiger partial charge in [-0.3, -0.25) is 4.68 Å². The Morgan fingerprint density at radius 3 is 2.67 bits per heavy atom. The molecule has 2 rings (SSSR count). The number of hydrogen-bond donors (Lipinski definition) is 3. The zero-order valence-electron chi connectivity index (χ0n) is 16.6. The van der Waals surface area contributed by atoms with Gasteiger partial charge in [0, 0.05) is 25.4 Å². The highest BCUT2D eigenvalue weighted by Gasteiger charge is 2.24. The summed E-state index contributed by atoms with van der Waals surface area (Å²) in [5.74, 6) is 1.53. The highest BCUT2D eigenvalue weighted by atomic mass is 127. The number of halogens is 1. The van der Waals surface area contributed by atoms with Crippen LogP contribution in [0.4, 0.5) is 0 Å². The maximum Gasteiger partial charge on any atom is 0.191 e. The second-order valence-corrected chi connectivity index (χ2v) is 6.53. The highest BCUT2D eigenvalue weighted by Crippen LogP contribution is 2.19. The number of ether oxygens (including phenoxy) is 1. The summed E-state index contributed by atoms with van der Waals surface area (Å²) in [5, 5.41) is 21.2. The number of benzene rings is 1. The monoisotopic (exact) mass is 487 g/mol. The van der Waals surface area contributed by atoms with Gasteiger partial charge < -0.3 is 20.5 Å². The number of aromatic nitrogens is 2. The minimum absolute atomic E-state index is 0. The van der Waals surface area contributed by atoms with Crippen LogP contribution in [0.2, 0.25) is 0 Å². The molecule has 2 aromatic rings. The molecule has 3 N–H and O–H groups in total. The molecule has 8 heteroatoms. The van der Waals surface area contributed by atoms with Crippen molar-refractivity contribution in [3.63, 3.8) is 0 Å². The Kier molecular flexibility index (Phi) is 9.04. The molecule has 1 aromatic carbocycles. The third-order valence-corrected chi connectivity index (χ3v) is 4.15. The first-order chi connectivity index (χ1) is 12.4. The van der Waals surface area contributed by atoms with Gasteiger partial charge in [0.25, 0.3) is 0 Å². The number of hydrogen-bond acceptors (Lipinski definition) is 4. The topological polar surface area (TPSA) is 83.7 Å². The van der Waals surface area contributed by atoms with E-state index in [-0.39, 0.29) is 24.0 Å². The Balaban J connectivity index is 0.00000364. The quantitative estimate of drug-likeness (QED) is 0.317. The molecule has 1 unspecified atom stereocenters. The molecular weight excluding hydrogens is 457 g/mol. The van der Waals surface area contributed by atoms with Crippen LogP contribution < -0.4 is 15.4 Å². The molecule has 0 saturated carbocycles. The predicted molar refractivity (Wildman–Crippen MR) is 119 cm³/mol. The number of guanidine groups is 1. The number of nitrogens with one attached hydrogen (secondary N) is 2. The average Bonchev–Trinajstić information content (AvgIpc) is 3.05. The molecule has 27 heavy (non-hydrogen) atoms. The van der Waals surface area contributed by atoms with Crippen molar-refractivity contribution in [2.45, 2.75) is 32.9 Å². The third-order valence-electron chi connectivity index (χ3n) is 4.15. The van der Waals surface area contributed by atoms with Crippen molar-refractivity contribution < 1.29 is 9.84 Å². The molecule has 150 valence electrons. The number of methoxy groups -OCH3 is 1. The maximum absolute atomic E-state index is 10.7. The molecule has 0 aliphatic carbocycles. The van der Waals surface area contributed by atoms with Gasteiger partial charge in [0.15, 0.2) is 5.96 Å². The zero-order chi connectivity index (χ0) is 19.2. The summed E-state index contributed by atoms with van der Waals surface area (Å²) in [6.07, 6.45) is 3.48. The molecular formula is C19H30IN5O2. The van der Waals surface area contributed by atoms with E-state index in [0.29, 0.717) is 19.0 Å². The van der Waals surface area contributed by atoms with Gasteiger partial charge in [0.2, 0.25) is 0 Å². The summed E-state index contributed by atoms with van der Waals surface area (Å²) in [7, 11) is 3.50. The van der Waals surface area contributed by atoms with E-state index in [1.54, 1.807) is 24.9 Å². The van der Waals surface area contributed by atoms with Crippen LogP contribution in [0.1, 0.15) is 30.5 Å². The highest BCUT2D eigenvalue weighted by molar-refractivity contribution is 14.0. The zero-order valence-corrected chi connectivity index (χ0v) is 18.9. The van der Waals surface area contributed by atoms with Crippen molar-refractivity contribution in [2.75, 3.05) is 20.2 Å². The van der Waals surface area contributed by atoms with Gasteiger partial charge in [0.05, 0.1) is 26.4 Å². The molecule has 0 bridgehead atoms. The molecule has 0 fully saturated rings. The van der Waals surface area contributed by atoms with Crippen LogP contribution in [0.25, 0.3) is 0 Å². The molecule has 0 aliphatic rings. The minimum atomic E-state index is -1.04.